The molecule has 0 radical (unpaired) electrons. The number of aliphatic hydroxyl groups excluding tert-OH is 5. The highest BCUT2D eigenvalue weighted by Crippen LogP contribution is 2.65. The largest absolute Gasteiger partial charge is 0.466 e. The second kappa shape index (κ2) is 21.2. The second-order valence-electron chi connectivity index (χ2n) is 20.3. The summed E-state index contributed by atoms with van der Waals surface area (Å²) in [6.45, 7) is 12.2. The Morgan fingerprint density at radius 1 is 0.757 bits per heavy atom. The van der Waals surface area contributed by atoms with Gasteiger partial charge in [-0.05, 0) is 56.9 Å². The molecular weight excluding hydrogens is 929 g/mol. The summed E-state index contributed by atoms with van der Waals surface area (Å²) in [6, 6.07) is 0. The molecule has 7 rings (SSSR count). The molecule has 70 heavy (non-hydrogen) atoms. The van der Waals surface area contributed by atoms with Gasteiger partial charge in [0.15, 0.2) is 18.7 Å². The average molecular weight is 1000 g/mol. The molecule has 5 N–H and O–H groups in total. The van der Waals surface area contributed by atoms with Gasteiger partial charge in [-0.1, -0.05) is 13.8 Å². The van der Waals surface area contributed by atoms with Crippen LogP contribution in [0, 0.1) is 28.6 Å². The molecule has 396 valence electrons. The Hall–Kier alpha value is -3.36. The summed E-state index contributed by atoms with van der Waals surface area (Å²) in [7, 11) is 4.26. The summed E-state index contributed by atoms with van der Waals surface area (Å²) in [6.07, 6.45) is -14.6. The number of ether oxygens (including phenoxy) is 13. The van der Waals surface area contributed by atoms with Crippen LogP contribution in [0.5, 0.6) is 0 Å². The summed E-state index contributed by atoms with van der Waals surface area (Å²) < 4.78 is 78.5. The molecular formula is C48H72O22. The van der Waals surface area contributed by atoms with Gasteiger partial charge in [0, 0.05) is 84.3 Å². The van der Waals surface area contributed by atoms with Crippen LogP contribution in [0.3, 0.4) is 0 Å². The van der Waals surface area contributed by atoms with E-state index in [0.29, 0.717) is 24.8 Å². The second-order valence-corrected chi connectivity index (χ2v) is 20.3. The number of allylic oxidation sites excluding steroid dienone is 1. The Labute approximate surface area is 407 Å². The third-order valence-electron chi connectivity index (χ3n) is 16.0. The molecule has 22 heteroatoms. The molecule has 4 heterocycles. The van der Waals surface area contributed by atoms with Crippen LogP contribution in [0.1, 0.15) is 87.5 Å². The topological polar surface area (TPSA) is 289 Å². The van der Waals surface area contributed by atoms with Crippen LogP contribution in [-0.2, 0) is 80.8 Å². The summed E-state index contributed by atoms with van der Waals surface area (Å²) in [5, 5.41) is 52.4. The predicted octanol–water partition coefficient (Wildman–Crippen LogP) is 0.831. The molecule has 0 bridgehead atoms. The number of rotatable bonds is 14. The van der Waals surface area contributed by atoms with Crippen molar-refractivity contribution in [3.05, 3.63) is 23.5 Å². The first kappa shape index (κ1) is 54.4. The number of hydrogen-bond donors (Lipinski definition) is 5. The minimum atomic E-state index is -1.70. The highest BCUT2D eigenvalue weighted by Gasteiger charge is 2.66. The van der Waals surface area contributed by atoms with Gasteiger partial charge in [-0.3, -0.25) is 14.4 Å². The maximum absolute atomic E-state index is 13.0. The summed E-state index contributed by atoms with van der Waals surface area (Å²) >= 11 is 0. The smallest absolute Gasteiger partial charge is 0.333 e. The van der Waals surface area contributed by atoms with E-state index in [9.17, 15) is 44.7 Å². The quantitative estimate of drug-likeness (QED) is 0.119. The van der Waals surface area contributed by atoms with Crippen LogP contribution in [0.4, 0.5) is 0 Å². The summed E-state index contributed by atoms with van der Waals surface area (Å²) in [4.78, 5) is 51.7. The van der Waals surface area contributed by atoms with E-state index in [-0.39, 0.29) is 24.5 Å². The van der Waals surface area contributed by atoms with Crippen molar-refractivity contribution in [3.63, 3.8) is 0 Å². The first-order chi connectivity index (χ1) is 32.9. The lowest BCUT2D eigenvalue weighted by Gasteiger charge is -2.62. The Bertz CT molecular complexity index is 1980. The maximum atomic E-state index is 13.0. The van der Waals surface area contributed by atoms with E-state index in [4.69, 9.17) is 61.6 Å². The van der Waals surface area contributed by atoms with Crippen molar-refractivity contribution in [2.24, 2.45) is 28.6 Å². The van der Waals surface area contributed by atoms with Crippen molar-refractivity contribution in [1.29, 1.82) is 0 Å². The van der Waals surface area contributed by atoms with E-state index < -0.39 is 163 Å². The number of fused-ring (bicyclic) bond motifs is 3. The molecule has 0 aromatic heterocycles. The molecule has 3 saturated heterocycles. The van der Waals surface area contributed by atoms with Crippen LogP contribution in [0.25, 0.3) is 0 Å². The van der Waals surface area contributed by atoms with Crippen molar-refractivity contribution >= 4 is 23.9 Å². The monoisotopic (exact) mass is 1000 g/mol. The zero-order valence-corrected chi connectivity index (χ0v) is 41.6. The van der Waals surface area contributed by atoms with Crippen molar-refractivity contribution in [1.82, 2.24) is 0 Å². The van der Waals surface area contributed by atoms with Crippen molar-refractivity contribution in [3.8, 4) is 0 Å². The zero-order chi connectivity index (χ0) is 51.4. The fraction of sp³-hybridized carbons (Fsp3) is 0.833. The van der Waals surface area contributed by atoms with E-state index in [1.54, 1.807) is 20.8 Å². The third-order valence-corrected chi connectivity index (χ3v) is 16.0. The lowest BCUT2D eigenvalue weighted by Crippen LogP contribution is -2.65. The van der Waals surface area contributed by atoms with E-state index in [1.807, 2.05) is 13.0 Å². The Morgan fingerprint density at radius 2 is 1.40 bits per heavy atom. The number of hydrogen-bond acceptors (Lipinski definition) is 22. The Morgan fingerprint density at radius 3 is 2.01 bits per heavy atom. The van der Waals surface area contributed by atoms with Gasteiger partial charge in [0.2, 0.25) is 12.1 Å². The normalized spacial score (nSPS) is 47.1. The fourth-order valence-corrected chi connectivity index (χ4v) is 12.6. The number of esters is 4. The number of aliphatic hydroxyl groups is 5. The first-order valence-electron chi connectivity index (χ1n) is 24.0. The third kappa shape index (κ3) is 10.1. The fourth-order valence-electron chi connectivity index (χ4n) is 12.6. The Kier molecular flexibility index (Phi) is 16.5. The van der Waals surface area contributed by atoms with Gasteiger partial charge in [0.05, 0.1) is 24.9 Å². The lowest BCUT2D eigenvalue weighted by molar-refractivity contribution is -0.370. The molecule has 0 aromatic rings. The van der Waals surface area contributed by atoms with Gasteiger partial charge in [0.25, 0.3) is 0 Å². The van der Waals surface area contributed by atoms with Gasteiger partial charge in [0.1, 0.15) is 66.8 Å². The highest BCUT2D eigenvalue weighted by molar-refractivity contribution is 5.87. The predicted molar refractivity (Wildman–Crippen MR) is 235 cm³/mol. The maximum Gasteiger partial charge on any atom is 0.333 e. The summed E-state index contributed by atoms with van der Waals surface area (Å²) in [5.41, 5.74) is -1.10. The molecule has 0 unspecified atom stereocenters. The molecule has 7 aliphatic rings. The molecule has 0 aromatic carbocycles. The van der Waals surface area contributed by atoms with Gasteiger partial charge >= 0.3 is 23.9 Å². The Balaban J connectivity index is 1.10. The minimum Gasteiger partial charge on any atom is -0.466 e. The minimum absolute atomic E-state index is 0.0929. The van der Waals surface area contributed by atoms with Crippen LogP contribution in [0.2, 0.25) is 0 Å². The van der Waals surface area contributed by atoms with E-state index in [0.717, 1.165) is 0 Å². The van der Waals surface area contributed by atoms with Crippen molar-refractivity contribution < 1.29 is 106 Å². The SMILES string of the molecule is CO[C@H]1[C@@H](O)[C@H](O[C@@H]2[C@H](C)O[C@@H](OC3=CC[C@@]4(C)[C@@H]([C@@H](OC(C)=O)C[C@H]5[C@@H](OC(C)=O)[C@@](C)(C6=CC(=O)O[C@@]6(C)OC)CC[C@@H]54)[C@H]3OC(C)=O)C[C@@H]2OC)O[C@@H](C)[C@H]1O[C@@H]1O[C@H](CO)[C@@H](O)[C@H](O)[C@H]1O. The van der Waals surface area contributed by atoms with Crippen LogP contribution < -0.4 is 0 Å². The zero-order valence-electron chi connectivity index (χ0n) is 41.6. The van der Waals surface area contributed by atoms with E-state index in [1.165, 1.54) is 48.2 Å². The van der Waals surface area contributed by atoms with Gasteiger partial charge in [-0.15, -0.1) is 0 Å². The lowest BCUT2D eigenvalue weighted by atomic mass is 9.45. The number of carbonyl (C=O) groups excluding carboxylic acids is 4. The van der Waals surface area contributed by atoms with Crippen molar-refractivity contribution in [2.75, 3.05) is 27.9 Å². The molecule has 2 saturated carbocycles. The number of methoxy groups -OCH3 is 3. The molecule has 22 nitrogen and oxygen atoms in total. The number of cyclic esters (lactones) is 1. The molecule has 4 aliphatic heterocycles. The van der Waals surface area contributed by atoms with Crippen LogP contribution in [0.15, 0.2) is 23.5 Å². The molecule has 0 amide bonds. The molecule has 23 atom stereocenters. The van der Waals surface area contributed by atoms with Crippen LogP contribution in [-0.4, -0.2) is 187 Å². The van der Waals surface area contributed by atoms with E-state index in [2.05, 4.69) is 6.92 Å². The average Bonchev–Trinajstić information content (AvgIpc) is 3.61. The number of carbonyl (C=O) groups is 4. The van der Waals surface area contributed by atoms with Gasteiger partial charge in [-0.25, -0.2) is 4.79 Å². The van der Waals surface area contributed by atoms with E-state index >= 15 is 0 Å². The van der Waals surface area contributed by atoms with Crippen molar-refractivity contribution in [2.45, 2.75) is 198 Å². The highest BCUT2D eigenvalue weighted by atomic mass is 16.8. The first-order valence-corrected chi connectivity index (χ1v) is 24.0. The van der Waals surface area contributed by atoms with Gasteiger partial charge < -0.3 is 87.1 Å². The molecule has 5 fully saturated rings. The van der Waals surface area contributed by atoms with Gasteiger partial charge in [-0.2, -0.15) is 0 Å². The standard InChI is InChI=1S/C48H72O22/c1-20-39(68-45-38(57)42(59-10)40(21(2)62-45)69-44-37(56)36(55)35(54)30(19-49)67-44)29(58-9)17-33(61-20)66-27-13-15-46(6)26-12-14-47(7,31-18-32(53)70-48(31,8)60-11)43(65-24(5)52)25(26)16-28(63-22(3)50)34(46)41(27)64-23(4)51/h13,18,20-21,25-26,28-30,33-45,49,54-57H,12,14-17,19H2,1-11H3/t20-,21-,25+,26-,28-,29-,30+,33-,34-,35+,36-,37+,38+,39+,40+,41-,42-,43+,44-,45-,46+,47+,48+/m0/s1. The molecule has 0 spiro atoms. The molecule has 3 aliphatic carbocycles. The van der Waals surface area contributed by atoms with Crippen LogP contribution >= 0.6 is 0 Å². The summed E-state index contributed by atoms with van der Waals surface area (Å²) in [5.74, 6) is -4.58.